The van der Waals surface area contributed by atoms with Crippen molar-refractivity contribution in [3.8, 4) is 0 Å². The topological polar surface area (TPSA) is 53.1 Å². The number of nitrogens with zero attached hydrogens (tertiary/aromatic N) is 1. The molecule has 2 heterocycles. The molecule has 4 heteroatoms. The molecule has 1 amide bonds. The van der Waals surface area contributed by atoms with Crippen LogP contribution < -0.4 is 0 Å². The summed E-state index contributed by atoms with van der Waals surface area (Å²) in [5.41, 5.74) is 0. The molecular weight excluding hydrogens is 146 g/mol. The summed E-state index contributed by atoms with van der Waals surface area (Å²) < 4.78 is 5.22. The predicted octanol–water partition coefficient (Wildman–Crippen LogP) is 0.526. The summed E-state index contributed by atoms with van der Waals surface area (Å²) in [5, 5.41) is 8.72. The van der Waals surface area contributed by atoms with Crippen LogP contribution in [-0.4, -0.2) is 40.9 Å². The van der Waals surface area contributed by atoms with E-state index >= 15 is 0 Å². The largest absolute Gasteiger partial charge is 0.465 e. The molecule has 2 saturated heterocycles. The number of rotatable bonds is 0. The standard InChI is InChI=1S/C7H11NO3/c1-4-2-5-6(11-5)3-8(4)7(9)10/h4-6H,2-3H2,1H3,(H,9,10). The molecule has 3 unspecified atom stereocenters. The molecule has 0 aromatic heterocycles. The van der Waals surface area contributed by atoms with E-state index in [9.17, 15) is 4.79 Å². The zero-order valence-corrected chi connectivity index (χ0v) is 6.36. The number of likely N-dealkylation sites (tertiary alicyclic amines) is 1. The van der Waals surface area contributed by atoms with Crippen LogP contribution in [0.2, 0.25) is 0 Å². The Kier molecular flexibility index (Phi) is 1.32. The van der Waals surface area contributed by atoms with Gasteiger partial charge in [-0.3, -0.25) is 0 Å². The van der Waals surface area contributed by atoms with Crippen molar-refractivity contribution in [3.05, 3.63) is 0 Å². The Morgan fingerprint density at radius 1 is 1.64 bits per heavy atom. The first-order chi connectivity index (χ1) is 5.18. The maximum Gasteiger partial charge on any atom is 0.407 e. The number of amides is 1. The van der Waals surface area contributed by atoms with Crippen molar-refractivity contribution in [1.82, 2.24) is 4.90 Å². The maximum atomic E-state index is 10.6. The van der Waals surface area contributed by atoms with Crippen molar-refractivity contribution < 1.29 is 14.6 Å². The Hall–Kier alpha value is -0.770. The molecule has 0 radical (unpaired) electrons. The molecule has 11 heavy (non-hydrogen) atoms. The summed E-state index contributed by atoms with van der Waals surface area (Å²) in [5.74, 6) is 0. The molecule has 2 aliphatic rings. The number of carboxylic acid groups (broad SMARTS) is 1. The summed E-state index contributed by atoms with van der Waals surface area (Å²) >= 11 is 0. The van der Waals surface area contributed by atoms with Gasteiger partial charge in [0.05, 0.1) is 12.6 Å². The highest BCUT2D eigenvalue weighted by Gasteiger charge is 2.47. The van der Waals surface area contributed by atoms with Gasteiger partial charge in [-0.1, -0.05) is 0 Å². The molecule has 2 aliphatic heterocycles. The minimum Gasteiger partial charge on any atom is -0.465 e. The van der Waals surface area contributed by atoms with Crippen molar-refractivity contribution in [1.29, 1.82) is 0 Å². The summed E-state index contributed by atoms with van der Waals surface area (Å²) in [6, 6.07) is 0.122. The van der Waals surface area contributed by atoms with Gasteiger partial charge < -0.3 is 14.7 Å². The molecule has 0 saturated carbocycles. The van der Waals surface area contributed by atoms with E-state index in [4.69, 9.17) is 9.84 Å². The Bertz CT molecular complexity index is 194. The van der Waals surface area contributed by atoms with Crippen LogP contribution in [0.5, 0.6) is 0 Å². The molecule has 4 nitrogen and oxygen atoms in total. The first-order valence-corrected chi connectivity index (χ1v) is 3.83. The Morgan fingerprint density at radius 3 is 3.00 bits per heavy atom. The zero-order chi connectivity index (χ0) is 8.01. The molecule has 0 spiro atoms. The second-order valence-corrected chi connectivity index (χ2v) is 3.23. The van der Waals surface area contributed by atoms with E-state index in [0.717, 1.165) is 6.42 Å². The van der Waals surface area contributed by atoms with Crippen LogP contribution >= 0.6 is 0 Å². The van der Waals surface area contributed by atoms with Gasteiger partial charge in [0.2, 0.25) is 0 Å². The summed E-state index contributed by atoms with van der Waals surface area (Å²) in [4.78, 5) is 12.1. The molecule has 3 atom stereocenters. The summed E-state index contributed by atoms with van der Waals surface area (Å²) in [6.45, 7) is 2.48. The van der Waals surface area contributed by atoms with Crippen LogP contribution in [0.15, 0.2) is 0 Å². The lowest BCUT2D eigenvalue weighted by molar-refractivity contribution is 0.119. The molecule has 62 valence electrons. The van der Waals surface area contributed by atoms with E-state index in [-0.39, 0.29) is 12.1 Å². The van der Waals surface area contributed by atoms with Crippen LogP contribution in [0.3, 0.4) is 0 Å². The Morgan fingerprint density at radius 2 is 2.36 bits per heavy atom. The van der Waals surface area contributed by atoms with E-state index < -0.39 is 6.09 Å². The molecule has 2 rings (SSSR count). The highest BCUT2D eigenvalue weighted by atomic mass is 16.6. The fraction of sp³-hybridized carbons (Fsp3) is 0.857. The number of piperidine rings is 1. The van der Waals surface area contributed by atoms with Crippen molar-refractivity contribution in [2.45, 2.75) is 31.6 Å². The lowest BCUT2D eigenvalue weighted by atomic mass is 10.0. The second kappa shape index (κ2) is 2.11. The minimum atomic E-state index is -0.827. The molecule has 2 fully saturated rings. The fourth-order valence-corrected chi connectivity index (χ4v) is 1.65. The van der Waals surface area contributed by atoms with Crippen molar-refractivity contribution in [3.63, 3.8) is 0 Å². The van der Waals surface area contributed by atoms with E-state index in [1.807, 2.05) is 6.92 Å². The van der Waals surface area contributed by atoms with Gasteiger partial charge in [-0.25, -0.2) is 4.79 Å². The molecule has 0 aliphatic carbocycles. The number of hydrogen-bond acceptors (Lipinski definition) is 2. The predicted molar refractivity (Wildman–Crippen MR) is 37.5 cm³/mol. The highest BCUT2D eigenvalue weighted by Crippen LogP contribution is 2.33. The van der Waals surface area contributed by atoms with Gasteiger partial charge >= 0.3 is 6.09 Å². The highest BCUT2D eigenvalue weighted by molar-refractivity contribution is 5.65. The monoisotopic (exact) mass is 157 g/mol. The van der Waals surface area contributed by atoms with Crippen LogP contribution in [0.1, 0.15) is 13.3 Å². The van der Waals surface area contributed by atoms with Gasteiger partial charge in [0.1, 0.15) is 6.10 Å². The van der Waals surface area contributed by atoms with Gasteiger partial charge in [-0.05, 0) is 13.3 Å². The number of epoxide rings is 1. The van der Waals surface area contributed by atoms with Gasteiger partial charge in [0.25, 0.3) is 0 Å². The van der Waals surface area contributed by atoms with Crippen LogP contribution in [-0.2, 0) is 4.74 Å². The quantitative estimate of drug-likeness (QED) is 0.522. The van der Waals surface area contributed by atoms with Crippen molar-refractivity contribution in [2.75, 3.05) is 6.54 Å². The van der Waals surface area contributed by atoms with Crippen molar-refractivity contribution in [2.24, 2.45) is 0 Å². The minimum absolute atomic E-state index is 0.122. The van der Waals surface area contributed by atoms with Gasteiger partial charge in [-0.15, -0.1) is 0 Å². The number of hydrogen-bond donors (Lipinski definition) is 1. The normalized spacial score (nSPS) is 41.5. The Balaban J connectivity index is 2.03. The summed E-state index contributed by atoms with van der Waals surface area (Å²) in [6.07, 6.45) is 0.575. The maximum absolute atomic E-state index is 10.6. The molecule has 0 bridgehead atoms. The average Bonchev–Trinajstić information content (AvgIpc) is 2.63. The molecule has 0 aromatic rings. The Labute approximate surface area is 64.7 Å². The van der Waals surface area contributed by atoms with E-state index in [1.54, 1.807) is 0 Å². The third-order valence-corrected chi connectivity index (χ3v) is 2.42. The zero-order valence-electron chi connectivity index (χ0n) is 6.36. The average molecular weight is 157 g/mol. The van der Waals surface area contributed by atoms with E-state index in [2.05, 4.69) is 0 Å². The SMILES string of the molecule is CC1CC2OC2CN1C(=O)O. The first-order valence-electron chi connectivity index (χ1n) is 3.83. The fourth-order valence-electron chi connectivity index (χ4n) is 1.65. The summed E-state index contributed by atoms with van der Waals surface area (Å²) in [7, 11) is 0. The second-order valence-electron chi connectivity index (χ2n) is 3.23. The third kappa shape index (κ3) is 1.07. The van der Waals surface area contributed by atoms with Gasteiger partial charge in [0, 0.05) is 6.04 Å². The lowest BCUT2D eigenvalue weighted by Crippen LogP contribution is -2.44. The number of fused-ring (bicyclic) bond motifs is 1. The smallest absolute Gasteiger partial charge is 0.407 e. The van der Waals surface area contributed by atoms with Crippen LogP contribution in [0, 0.1) is 0 Å². The molecule has 1 N–H and O–H groups in total. The lowest BCUT2D eigenvalue weighted by Gasteiger charge is -2.28. The van der Waals surface area contributed by atoms with Crippen LogP contribution in [0.25, 0.3) is 0 Å². The number of carbonyl (C=O) groups is 1. The van der Waals surface area contributed by atoms with Gasteiger partial charge in [0.15, 0.2) is 0 Å². The molecule has 0 aromatic carbocycles. The first kappa shape index (κ1) is 6.91. The molecular formula is C7H11NO3. The third-order valence-electron chi connectivity index (χ3n) is 2.42. The van der Waals surface area contributed by atoms with E-state index in [0.29, 0.717) is 12.6 Å². The van der Waals surface area contributed by atoms with Crippen LogP contribution in [0.4, 0.5) is 4.79 Å². The number of ether oxygens (including phenoxy) is 1. The van der Waals surface area contributed by atoms with Crippen molar-refractivity contribution >= 4 is 6.09 Å². The van der Waals surface area contributed by atoms with E-state index in [1.165, 1.54) is 4.90 Å². The van der Waals surface area contributed by atoms with Gasteiger partial charge in [-0.2, -0.15) is 0 Å².